The summed E-state index contributed by atoms with van der Waals surface area (Å²) in [6.45, 7) is 4.68. The van der Waals surface area contributed by atoms with Crippen molar-refractivity contribution in [3.8, 4) is 0 Å². The molecule has 2 bridgehead atoms. The van der Waals surface area contributed by atoms with Crippen molar-refractivity contribution in [3.05, 3.63) is 5.69 Å². The van der Waals surface area contributed by atoms with Crippen LogP contribution < -0.4 is 10.5 Å². The first kappa shape index (κ1) is 13.3. The number of aromatic nitrogens is 1. The molecule has 1 atom stereocenters. The molecule has 0 saturated carbocycles. The van der Waals surface area contributed by atoms with Crippen LogP contribution >= 0.6 is 11.3 Å². The highest BCUT2D eigenvalue weighted by Crippen LogP contribution is 2.30. The van der Waals surface area contributed by atoms with Gasteiger partial charge in [0, 0.05) is 12.6 Å². The highest BCUT2D eigenvalue weighted by atomic mass is 32.2. The Kier molecular flexibility index (Phi) is 3.28. The van der Waals surface area contributed by atoms with Gasteiger partial charge >= 0.3 is 0 Å². The van der Waals surface area contributed by atoms with Crippen LogP contribution in [0.4, 0.5) is 5.13 Å². The first-order valence-corrected chi connectivity index (χ1v) is 8.73. The van der Waals surface area contributed by atoms with Gasteiger partial charge in [0.15, 0.2) is 9.34 Å². The van der Waals surface area contributed by atoms with Gasteiger partial charge in [-0.25, -0.2) is 18.1 Å². The number of anilines is 1. The molecule has 106 valence electrons. The molecule has 4 heterocycles. The SMILES string of the molecule is Cc1nc(N)sc1S(=O)(=O)NC1CN2CCC1CC2. The van der Waals surface area contributed by atoms with Gasteiger partial charge in [-0.3, -0.25) is 0 Å². The zero-order chi connectivity index (χ0) is 13.6. The number of thiazole rings is 1. The molecule has 3 N–H and O–H groups in total. The number of fused-ring (bicyclic) bond motifs is 3. The minimum Gasteiger partial charge on any atom is -0.375 e. The van der Waals surface area contributed by atoms with E-state index in [-0.39, 0.29) is 10.3 Å². The van der Waals surface area contributed by atoms with E-state index in [1.807, 2.05) is 0 Å². The largest absolute Gasteiger partial charge is 0.375 e. The third-order valence-electron chi connectivity index (χ3n) is 3.98. The fourth-order valence-corrected chi connectivity index (χ4v) is 5.62. The second-order valence-corrected chi connectivity index (χ2v) is 8.23. The molecule has 8 heteroatoms. The van der Waals surface area contributed by atoms with Gasteiger partial charge in [0.1, 0.15) is 0 Å². The molecule has 1 unspecified atom stereocenters. The lowest BCUT2D eigenvalue weighted by Gasteiger charge is -2.44. The van der Waals surface area contributed by atoms with Crippen LogP contribution in [0.2, 0.25) is 0 Å². The van der Waals surface area contributed by atoms with Gasteiger partial charge < -0.3 is 10.6 Å². The van der Waals surface area contributed by atoms with Crippen molar-refractivity contribution in [2.75, 3.05) is 25.4 Å². The Labute approximate surface area is 117 Å². The van der Waals surface area contributed by atoms with Crippen molar-refractivity contribution in [1.29, 1.82) is 0 Å². The number of nitrogen functional groups attached to an aromatic ring is 1. The molecule has 1 aromatic rings. The standard InChI is InChI=1S/C11H18N4O2S2/c1-7-10(18-11(12)13-7)19(16,17)14-9-6-15-4-2-8(9)3-5-15/h8-9,14H,2-6H2,1H3,(H2,12,13). The summed E-state index contributed by atoms with van der Waals surface area (Å²) in [6.07, 6.45) is 2.16. The van der Waals surface area contributed by atoms with Crippen LogP contribution in [-0.4, -0.2) is 44.0 Å². The maximum atomic E-state index is 12.4. The Hall–Kier alpha value is -0.700. The number of piperidine rings is 3. The topological polar surface area (TPSA) is 88.3 Å². The summed E-state index contributed by atoms with van der Waals surface area (Å²) >= 11 is 1.03. The maximum absolute atomic E-state index is 12.4. The number of nitrogens with two attached hydrogens (primary N) is 1. The van der Waals surface area contributed by atoms with Crippen LogP contribution in [0.25, 0.3) is 0 Å². The number of rotatable bonds is 3. The fraction of sp³-hybridized carbons (Fsp3) is 0.727. The summed E-state index contributed by atoms with van der Waals surface area (Å²) in [5, 5.41) is 0.298. The van der Waals surface area contributed by atoms with Gasteiger partial charge in [0.2, 0.25) is 0 Å². The number of nitrogens with one attached hydrogen (secondary N) is 1. The number of nitrogens with zero attached hydrogens (tertiary/aromatic N) is 2. The molecule has 0 amide bonds. The van der Waals surface area contributed by atoms with Crippen molar-refractivity contribution >= 4 is 26.5 Å². The quantitative estimate of drug-likeness (QED) is 0.844. The number of hydrogen-bond acceptors (Lipinski definition) is 6. The van der Waals surface area contributed by atoms with Gasteiger partial charge in [-0.15, -0.1) is 0 Å². The van der Waals surface area contributed by atoms with E-state index in [0.717, 1.165) is 43.8 Å². The second kappa shape index (κ2) is 4.69. The number of sulfonamides is 1. The van der Waals surface area contributed by atoms with Crippen LogP contribution in [0.5, 0.6) is 0 Å². The molecule has 6 nitrogen and oxygen atoms in total. The van der Waals surface area contributed by atoms with Gasteiger partial charge in [0.05, 0.1) is 5.69 Å². The third-order valence-corrected chi connectivity index (χ3v) is 7.06. The van der Waals surface area contributed by atoms with E-state index in [1.54, 1.807) is 6.92 Å². The molecule has 3 fully saturated rings. The van der Waals surface area contributed by atoms with Crippen LogP contribution in [0.1, 0.15) is 18.5 Å². The molecule has 3 aliphatic rings. The second-order valence-electron chi connectivity index (χ2n) is 5.29. The lowest BCUT2D eigenvalue weighted by atomic mass is 9.85. The number of hydrogen-bond donors (Lipinski definition) is 2. The fourth-order valence-electron chi connectivity index (χ4n) is 3.00. The zero-order valence-electron chi connectivity index (χ0n) is 10.8. The third kappa shape index (κ3) is 2.49. The lowest BCUT2D eigenvalue weighted by Crippen LogP contribution is -2.57. The molecule has 0 spiro atoms. The van der Waals surface area contributed by atoms with Crippen LogP contribution in [0.15, 0.2) is 4.21 Å². The smallest absolute Gasteiger partial charge is 0.252 e. The highest BCUT2D eigenvalue weighted by Gasteiger charge is 2.37. The van der Waals surface area contributed by atoms with E-state index in [2.05, 4.69) is 14.6 Å². The number of aryl methyl sites for hydroxylation is 1. The maximum Gasteiger partial charge on any atom is 0.252 e. The predicted molar refractivity (Wildman–Crippen MR) is 74.5 cm³/mol. The Balaban J connectivity index is 1.80. The van der Waals surface area contributed by atoms with Crippen LogP contribution in [-0.2, 0) is 10.0 Å². The van der Waals surface area contributed by atoms with Gasteiger partial charge in [-0.2, -0.15) is 0 Å². The molecule has 1 aromatic heterocycles. The zero-order valence-corrected chi connectivity index (χ0v) is 12.4. The lowest BCUT2D eigenvalue weighted by molar-refractivity contribution is 0.0827. The molecule has 0 aliphatic carbocycles. The summed E-state index contributed by atoms with van der Waals surface area (Å²) < 4.78 is 27.9. The average Bonchev–Trinajstić information content (AvgIpc) is 2.70. The van der Waals surface area contributed by atoms with Gasteiger partial charge in [-0.1, -0.05) is 11.3 Å². The van der Waals surface area contributed by atoms with E-state index in [4.69, 9.17) is 5.73 Å². The molecule has 3 aliphatic heterocycles. The first-order valence-electron chi connectivity index (χ1n) is 6.43. The van der Waals surface area contributed by atoms with Gasteiger partial charge in [0.25, 0.3) is 10.0 Å². The predicted octanol–water partition coefficient (Wildman–Crippen LogP) is 0.406. The Bertz CT molecular complexity index is 576. The molecule has 3 saturated heterocycles. The average molecular weight is 302 g/mol. The van der Waals surface area contributed by atoms with E-state index in [9.17, 15) is 8.42 Å². The Morgan fingerprint density at radius 2 is 2.11 bits per heavy atom. The monoisotopic (exact) mass is 302 g/mol. The van der Waals surface area contributed by atoms with E-state index >= 15 is 0 Å². The van der Waals surface area contributed by atoms with E-state index < -0.39 is 10.0 Å². The van der Waals surface area contributed by atoms with Gasteiger partial charge in [-0.05, 0) is 38.8 Å². The normalized spacial score (nSPS) is 30.7. The van der Waals surface area contributed by atoms with E-state index in [0.29, 0.717) is 16.7 Å². The van der Waals surface area contributed by atoms with Crippen molar-refractivity contribution in [1.82, 2.24) is 14.6 Å². The Morgan fingerprint density at radius 3 is 2.58 bits per heavy atom. The van der Waals surface area contributed by atoms with Crippen LogP contribution in [0, 0.1) is 12.8 Å². The summed E-state index contributed by atoms with van der Waals surface area (Å²) in [6, 6.07) is 0.0234. The van der Waals surface area contributed by atoms with Crippen LogP contribution in [0.3, 0.4) is 0 Å². The minimum atomic E-state index is -3.49. The van der Waals surface area contributed by atoms with Crippen molar-refractivity contribution < 1.29 is 8.42 Å². The molecular weight excluding hydrogens is 284 g/mol. The molecule has 0 radical (unpaired) electrons. The molecule has 19 heavy (non-hydrogen) atoms. The van der Waals surface area contributed by atoms with Crippen molar-refractivity contribution in [2.24, 2.45) is 5.92 Å². The van der Waals surface area contributed by atoms with Crippen molar-refractivity contribution in [3.63, 3.8) is 0 Å². The first-order chi connectivity index (χ1) is 8.95. The molecule has 4 rings (SSSR count). The highest BCUT2D eigenvalue weighted by molar-refractivity contribution is 7.91. The molecular formula is C11H18N4O2S2. The summed E-state index contributed by atoms with van der Waals surface area (Å²) in [4.78, 5) is 6.31. The Morgan fingerprint density at radius 1 is 1.42 bits per heavy atom. The summed E-state index contributed by atoms with van der Waals surface area (Å²) in [5.41, 5.74) is 6.06. The van der Waals surface area contributed by atoms with Crippen molar-refractivity contribution in [2.45, 2.75) is 30.0 Å². The molecule has 0 aromatic carbocycles. The summed E-state index contributed by atoms with van der Waals surface area (Å²) in [7, 11) is -3.49. The van der Waals surface area contributed by atoms with E-state index in [1.165, 1.54) is 0 Å². The summed E-state index contributed by atoms with van der Waals surface area (Å²) in [5.74, 6) is 0.463. The minimum absolute atomic E-state index is 0.0234.